The van der Waals surface area contributed by atoms with Gasteiger partial charge in [-0.25, -0.2) is 18.7 Å². The first-order valence-electron chi connectivity index (χ1n) is 12.3. The summed E-state index contributed by atoms with van der Waals surface area (Å²) in [6, 6.07) is 12.9. The van der Waals surface area contributed by atoms with Crippen LogP contribution in [0, 0.1) is 11.6 Å². The van der Waals surface area contributed by atoms with E-state index in [-0.39, 0.29) is 30.9 Å². The van der Waals surface area contributed by atoms with Crippen molar-refractivity contribution >= 4 is 27.4 Å². The van der Waals surface area contributed by atoms with E-state index < -0.39 is 5.82 Å². The van der Waals surface area contributed by atoms with Gasteiger partial charge in [-0.15, -0.1) is 16.4 Å². The van der Waals surface area contributed by atoms with Crippen LogP contribution < -0.4 is 11.1 Å². The minimum absolute atomic E-state index is 0. The lowest BCUT2D eigenvalue weighted by Gasteiger charge is -2.20. The fourth-order valence-electron chi connectivity index (χ4n) is 5.11. The van der Waals surface area contributed by atoms with Crippen LogP contribution in [0.5, 0.6) is 0 Å². The third kappa shape index (κ3) is 5.01. The number of nitrogens with two attached hydrogens (primary N) is 1. The van der Waals surface area contributed by atoms with Crippen molar-refractivity contribution in [2.24, 2.45) is 5.73 Å². The molecule has 3 aromatic heterocycles. The van der Waals surface area contributed by atoms with Crippen LogP contribution in [-0.2, 0) is 6.54 Å². The molecule has 1 saturated carbocycles. The monoisotopic (exact) mass is 533 g/mol. The summed E-state index contributed by atoms with van der Waals surface area (Å²) in [5.41, 5.74) is 9.48. The van der Waals surface area contributed by atoms with Crippen LogP contribution in [0.25, 0.3) is 31.8 Å². The molecular formula is C28H29F2N7S. The topological polar surface area (TPSA) is 94.5 Å². The second-order valence-corrected chi connectivity index (χ2v) is 10.3. The number of benzene rings is 2. The van der Waals surface area contributed by atoms with Gasteiger partial charge in [0.2, 0.25) is 5.95 Å². The van der Waals surface area contributed by atoms with Crippen molar-refractivity contribution in [3.63, 3.8) is 0 Å². The second-order valence-electron chi connectivity index (χ2n) is 9.25. The summed E-state index contributed by atoms with van der Waals surface area (Å²) >= 11 is 1.44. The molecule has 5 aromatic rings. The zero-order valence-electron chi connectivity index (χ0n) is 19.9. The van der Waals surface area contributed by atoms with E-state index in [1.165, 1.54) is 23.6 Å². The molecule has 2 aromatic carbocycles. The Kier molecular flexibility index (Phi) is 7.44. The maximum Gasteiger partial charge on any atom is 0.223 e. The molecule has 2 unspecified atom stereocenters. The SMILES string of the molecule is C.NC1CCCC1c1ccc(F)cc1-c1cccc2cc(-c3nc(NCCn4ccnn4)ncc3F)sc12. The van der Waals surface area contributed by atoms with Gasteiger partial charge in [-0.2, -0.15) is 0 Å². The number of aromatic nitrogens is 5. The maximum absolute atomic E-state index is 14.9. The van der Waals surface area contributed by atoms with Crippen molar-refractivity contribution in [2.75, 3.05) is 11.9 Å². The molecular weight excluding hydrogens is 504 g/mol. The van der Waals surface area contributed by atoms with Crippen LogP contribution in [0.3, 0.4) is 0 Å². The summed E-state index contributed by atoms with van der Waals surface area (Å²) in [4.78, 5) is 9.22. The van der Waals surface area contributed by atoms with E-state index in [1.54, 1.807) is 23.1 Å². The summed E-state index contributed by atoms with van der Waals surface area (Å²) in [6.07, 6.45) is 7.58. The van der Waals surface area contributed by atoms with Gasteiger partial charge in [-0.1, -0.05) is 43.3 Å². The van der Waals surface area contributed by atoms with Gasteiger partial charge in [0.05, 0.1) is 23.8 Å². The van der Waals surface area contributed by atoms with Gasteiger partial charge >= 0.3 is 0 Å². The van der Waals surface area contributed by atoms with Crippen LogP contribution in [0.15, 0.2) is 61.1 Å². The molecule has 38 heavy (non-hydrogen) atoms. The standard InChI is InChI=1S/C27H25F2N7S.CH4/c28-17-7-8-18(19-4-2-6-23(19)30)21(14-17)20-5-1-3-16-13-24(37-26(16)20)25-22(29)15-32-27(34-25)31-9-11-36-12-10-33-35-36;/h1,3,5,7-8,10,12-15,19,23H,2,4,6,9,11,30H2,(H,31,32,34);1H4. The number of nitrogens with one attached hydrogen (secondary N) is 1. The molecule has 3 heterocycles. The van der Waals surface area contributed by atoms with E-state index in [0.29, 0.717) is 23.9 Å². The Hall–Kier alpha value is -3.76. The third-order valence-corrected chi connectivity index (χ3v) is 8.08. The lowest BCUT2D eigenvalue weighted by Crippen LogP contribution is -2.23. The molecule has 10 heteroatoms. The van der Waals surface area contributed by atoms with Crippen molar-refractivity contribution in [3.8, 4) is 21.7 Å². The average molecular weight is 534 g/mol. The number of fused-ring (bicyclic) bond motifs is 1. The fraction of sp³-hybridized carbons (Fsp3) is 0.286. The quantitative estimate of drug-likeness (QED) is 0.257. The Morgan fingerprint density at radius 2 is 2.00 bits per heavy atom. The number of halogens is 2. The molecule has 1 aliphatic carbocycles. The zero-order chi connectivity index (χ0) is 25.4. The van der Waals surface area contributed by atoms with E-state index in [4.69, 9.17) is 5.73 Å². The predicted octanol–water partition coefficient (Wildman–Crippen LogP) is 6.24. The lowest BCUT2D eigenvalue weighted by molar-refractivity contribution is 0.604. The Bertz CT molecular complexity index is 1550. The molecule has 0 aliphatic heterocycles. The van der Waals surface area contributed by atoms with E-state index in [9.17, 15) is 8.78 Å². The molecule has 0 amide bonds. The molecule has 0 radical (unpaired) electrons. The van der Waals surface area contributed by atoms with Gasteiger partial charge in [0.25, 0.3) is 0 Å². The van der Waals surface area contributed by atoms with Crippen molar-refractivity contribution in [1.29, 1.82) is 0 Å². The molecule has 3 N–H and O–H groups in total. The second kappa shape index (κ2) is 10.9. The Morgan fingerprint density at radius 1 is 1.11 bits per heavy atom. The molecule has 0 bridgehead atoms. The van der Waals surface area contributed by atoms with Crippen LogP contribution >= 0.6 is 11.3 Å². The van der Waals surface area contributed by atoms with Crippen molar-refractivity contribution < 1.29 is 8.78 Å². The fourth-order valence-corrected chi connectivity index (χ4v) is 6.29. The number of anilines is 1. The van der Waals surface area contributed by atoms with Crippen LogP contribution in [0.4, 0.5) is 14.7 Å². The van der Waals surface area contributed by atoms with Gasteiger partial charge in [0.1, 0.15) is 11.5 Å². The third-order valence-electron chi connectivity index (χ3n) is 6.89. The number of hydrogen-bond donors (Lipinski definition) is 2. The van der Waals surface area contributed by atoms with E-state index in [1.807, 2.05) is 30.3 Å². The molecule has 2 atom stereocenters. The van der Waals surface area contributed by atoms with E-state index in [0.717, 1.165) is 46.0 Å². The molecule has 1 aliphatic rings. The van der Waals surface area contributed by atoms with Crippen LogP contribution in [0.1, 0.15) is 38.2 Å². The highest BCUT2D eigenvalue weighted by atomic mass is 32.1. The highest BCUT2D eigenvalue weighted by Gasteiger charge is 2.28. The molecule has 1 fully saturated rings. The summed E-state index contributed by atoms with van der Waals surface area (Å²) in [6.45, 7) is 1.08. The van der Waals surface area contributed by atoms with Crippen LogP contribution in [-0.4, -0.2) is 37.5 Å². The van der Waals surface area contributed by atoms with Gasteiger partial charge in [0, 0.05) is 23.5 Å². The van der Waals surface area contributed by atoms with Crippen molar-refractivity contribution in [2.45, 2.75) is 45.2 Å². The average Bonchev–Trinajstić information content (AvgIpc) is 3.66. The first-order valence-corrected chi connectivity index (χ1v) is 13.1. The van der Waals surface area contributed by atoms with Crippen molar-refractivity contribution in [3.05, 3.63) is 78.3 Å². The zero-order valence-corrected chi connectivity index (χ0v) is 20.8. The Morgan fingerprint density at radius 3 is 2.79 bits per heavy atom. The first kappa shape index (κ1) is 25.9. The van der Waals surface area contributed by atoms with Crippen molar-refractivity contribution in [1.82, 2.24) is 25.0 Å². The minimum Gasteiger partial charge on any atom is -0.352 e. The number of nitrogens with zero attached hydrogens (tertiary/aromatic N) is 5. The number of hydrogen-bond acceptors (Lipinski definition) is 7. The summed E-state index contributed by atoms with van der Waals surface area (Å²) in [5.74, 6) is -0.270. The Balaban J connectivity index is 0.00000294. The molecule has 0 spiro atoms. The largest absolute Gasteiger partial charge is 0.352 e. The number of rotatable bonds is 7. The lowest BCUT2D eigenvalue weighted by atomic mass is 9.87. The van der Waals surface area contributed by atoms with Gasteiger partial charge in [0.15, 0.2) is 5.82 Å². The van der Waals surface area contributed by atoms with Gasteiger partial charge < -0.3 is 11.1 Å². The minimum atomic E-state index is -0.502. The molecule has 196 valence electrons. The maximum atomic E-state index is 14.9. The highest BCUT2D eigenvalue weighted by molar-refractivity contribution is 7.22. The Labute approximate surface area is 223 Å². The molecule has 7 nitrogen and oxygen atoms in total. The van der Waals surface area contributed by atoms with Crippen LogP contribution in [0.2, 0.25) is 0 Å². The summed E-state index contributed by atoms with van der Waals surface area (Å²) < 4.78 is 32.0. The molecule has 0 saturated heterocycles. The summed E-state index contributed by atoms with van der Waals surface area (Å²) in [7, 11) is 0. The number of thiophene rings is 1. The smallest absolute Gasteiger partial charge is 0.223 e. The first-order chi connectivity index (χ1) is 18.1. The van der Waals surface area contributed by atoms with Gasteiger partial charge in [-0.3, -0.25) is 4.68 Å². The normalized spacial score (nSPS) is 17.0. The van der Waals surface area contributed by atoms with E-state index >= 15 is 0 Å². The summed E-state index contributed by atoms with van der Waals surface area (Å²) in [5, 5.41) is 11.8. The van der Waals surface area contributed by atoms with E-state index in [2.05, 4.69) is 25.6 Å². The molecule has 6 rings (SSSR count). The van der Waals surface area contributed by atoms with Gasteiger partial charge in [-0.05, 0) is 59.0 Å². The highest BCUT2D eigenvalue weighted by Crippen LogP contribution is 2.44. The predicted molar refractivity (Wildman–Crippen MR) is 148 cm³/mol.